The number of aliphatic hydroxyl groups is 1. The average molecular weight is 271 g/mol. The Morgan fingerprint density at radius 3 is 2.80 bits per heavy atom. The summed E-state index contributed by atoms with van der Waals surface area (Å²) in [4.78, 5) is 0. The SMILES string of the molecule is CC(NCC1(O)CCOC1)c1ccc2ccccc2c1. The van der Waals surface area contributed by atoms with Crippen molar-refractivity contribution < 1.29 is 9.84 Å². The lowest BCUT2D eigenvalue weighted by Gasteiger charge is -2.24. The number of benzene rings is 2. The summed E-state index contributed by atoms with van der Waals surface area (Å²) in [6.07, 6.45) is 0.713. The smallest absolute Gasteiger partial charge is 0.103 e. The highest BCUT2D eigenvalue weighted by Crippen LogP contribution is 2.22. The summed E-state index contributed by atoms with van der Waals surface area (Å²) in [6.45, 7) is 3.79. The molecule has 2 N–H and O–H groups in total. The Kier molecular flexibility index (Phi) is 3.74. The standard InChI is InChI=1S/C17H21NO2/c1-13(18-11-17(19)8-9-20-12-17)15-7-6-14-4-2-3-5-16(14)10-15/h2-7,10,13,18-19H,8-9,11-12H2,1H3. The van der Waals surface area contributed by atoms with Crippen molar-refractivity contribution in [2.75, 3.05) is 19.8 Å². The van der Waals surface area contributed by atoms with E-state index in [0.717, 1.165) is 0 Å². The van der Waals surface area contributed by atoms with Gasteiger partial charge < -0.3 is 15.2 Å². The Hall–Kier alpha value is -1.42. The molecule has 3 rings (SSSR count). The molecule has 3 nitrogen and oxygen atoms in total. The van der Waals surface area contributed by atoms with Gasteiger partial charge in [-0.1, -0.05) is 36.4 Å². The number of nitrogens with one attached hydrogen (secondary N) is 1. The second kappa shape index (κ2) is 5.52. The first-order valence-electron chi connectivity index (χ1n) is 7.19. The largest absolute Gasteiger partial charge is 0.386 e. The molecule has 1 fully saturated rings. The van der Waals surface area contributed by atoms with Crippen molar-refractivity contribution in [3.63, 3.8) is 0 Å². The molecule has 0 bridgehead atoms. The molecule has 2 unspecified atom stereocenters. The van der Waals surface area contributed by atoms with Crippen molar-refractivity contribution in [1.82, 2.24) is 5.32 Å². The molecule has 0 amide bonds. The van der Waals surface area contributed by atoms with Crippen LogP contribution in [0.2, 0.25) is 0 Å². The summed E-state index contributed by atoms with van der Waals surface area (Å²) in [5, 5.41) is 16.2. The molecule has 2 aromatic rings. The summed E-state index contributed by atoms with van der Waals surface area (Å²) in [5.74, 6) is 0. The van der Waals surface area contributed by atoms with Crippen LogP contribution in [0.5, 0.6) is 0 Å². The van der Waals surface area contributed by atoms with Gasteiger partial charge in [0.05, 0.1) is 6.61 Å². The van der Waals surface area contributed by atoms with Crippen LogP contribution in [0.15, 0.2) is 42.5 Å². The zero-order chi connectivity index (χ0) is 14.0. The predicted molar refractivity (Wildman–Crippen MR) is 80.8 cm³/mol. The number of fused-ring (bicyclic) bond motifs is 1. The topological polar surface area (TPSA) is 41.5 Å². The maximum Gasteiger partial charge on any atom is 0.103 e. The third-order valence-corrected chi connectivity index (χ3v) is 4.09. The van der Waals surface area contributed by atoms with Gasteiger partial charge in [-0.05, 0) is 29.3 Å². The summed E-state index contributed by atoms with van der Waals surface area (Å²) in [6, 6.07) is 15.1. The van der Waals surface area contributed by atoms with Gasteiger partial charge in [-0.2, -0.15) is 0 Å². The van der Waals surface area contributed by atoms with Gasteiger partial charge in [-0.25, -0.2) is 0 Å². The molecular weight excluding hydrogens is 250 g/mol. The molecule has 1 heterocycles. The Bertz CT molecular complexity index is 590. The average Bonchev–Trinajstić information content (AvgIpc) is 2.91. The second-order valence-corrected chi connectivity index (χ2v) is 5.74. The minimum atomic E-state index is -0.703. The molecule has 0 saturated carbocycles. The van der Waals surface area contributed by atoms with E-state index >= 15 is 0 Å². The molecule has 0 aliphatic carbocycles. The molecule has 0 aromatic heterocycles. The van der Waals surface area contributed by atoms with Crippen molar-refractivity contribution >= 4 is 10.8 Å². The van der Waals surface area contributed by atoms with Gasteiger partial charge in [0.15, 0.2) is 0 Å². The maximum absolute atomic E-state index is 10.3. The molecule has 2 aromatic carbocycles. The van der Waals surface area contributed by atoms with Crippen LogP contribution >= 0.6 is 0 Å². The van der Waals surface area contributed by atoms with Gasteiger partial charge in [0.1, 0.15) is 5.60 Å². The van der Waals surface area contributed by atoms with Crippen molar-refractivity contribution in [1.29, 1.82) is 0 Å². The number of rotatable bonds is 4. The highest BCUT2D eigenvalue weighted by Gasteiger charge is 2.32. The fourth-order valence-corrected chi connectivity index (χ4v) is 2.67. The highest BCUT2D eigenvalue weighted by atomic mass is 16.5. The lowest BCUT2D eigenvalue weighted by Crippen LogP contribution is -2.41. The van der Waals surface area contributed by atoms with Crippen LogP contribution in [-0.2, 0) is 4.74 Å². The maximum atomic E-state index is 10.3. The van der Waals surface area contributed by atoms with Crippen molar-refractivity contribution in [2.45, 2.75) is 25.0 Å². The van der Waals surface area contributed by atoms with Crippen molar-refractivity contribution in [3.05, 3.63) is 48.0 Å². The van der Waals surface area contributed by atoms with Gasteiger partial charge >= 0.3 is 0 Å². The van der Waals surface area contributed by atoms with E-state index in [4.69, 9.17) is 4.74 Å². The van der Waals surface area contributed by atoms with E-state index in [1.165, 1.54) is 16.3 Å². The van der Waals surface area contributed by atoms with Gasteiger partial charge in [-0.15, -0.1) is 0 Å². The van der Waals surface area contributed by atoms with E-state index in [1.54, 1.807) is 0 Å². The lowest BCUT2D eigenvalue weighted by molar-refractivity contribution is 0.0252. The highest BCUT2D eigenvalue weighted by molar-refractivity contribution is 5.83. The molecule has 2 atom stereocenters. The molecule has 0 radical (unpaired) electrons. The van der Waals surface area contributed by atoms with Crippen molar-refractivity contribution in [2.24, 2.45) is 0 Å². The van der Waals surface area contributed by atoms with Gasteiger partial charge in [0.2, 0.25) is 0 Å². The van der Waals surface area contributed by atoms with Crippen LogP contribution in [0, 0.1) is 0 Å². The Morgan fingerprint density at radius 2 is 2.05 bits per heavy atom. The Balaban J connectivity index is 1.70. The first kappa shape index (κ1) is 13.6. The van der Waals surface area contributed by atoms with Crippen LogP contribution in [0.25, 0.3) is 10.8 Å². The zero-order valence-electron chi connectivity index (χ0n) is 11.8. The third kappa shape index (κ3) is 2.85. The minimum absolute atomic E-state index is 0.212. The second-order valence-electron chi connectivity index (χ2n) is 5.74. The number of ether oxygens (including phenoxy) is 1. The zero-order valence-corrected chi connectivity index (χ0v) is 11.8. The molecule has 3 heteroatoms. The quantitative estimate of drug-likeness (QED) is 0.898. The van der Waals surface area contributed by atoms with Gasteiger partial charge in [0.25, 0.3) is 0 Å². The van der Waals surface area contributed by atoms with E-state index in [1.807, 2.05) is 0 Å². The normalized spacial score (nSPS) is 24.1. The lowest BCUT2D eigenvalue weighted by atomic mass is 10.0. The summed E-state index contributed by atoms with van der Waals surface area (Å²) >= 11 is 0. The molecule has 20 heavy (non-hydrogen) atoms. The van der Waals surface area contributed by atoms with Gasteiger partial charge in [0, 0.05) is 25.6 Å². The first-order chi connectivity index (χ1) is 9.66. The van der Waals surface area contributed by atoms with E-state index in [9.17, 15) is 5.11 Å². The minimum Gasteiger partial charge on any atom is -0.386 e. The summed E-state index contributed by atoms with van der Waals surface area (Å²) in [5.41, 5.74) is 0.539. The monoisotopic (exact) mass is 271 g/mol. The van der Waals surface area contributed by atoms with Gasteiger partial charge in [-0.3, -0.25) is 0 Å². The van der Waals surface area contributed by atoms with E-state index in [-0.39, 0.29) is 6.04 Å². The molecular formula is C17H21NO2. The van der Waals surface area contributed by atoms with E-state index in [2.05, 4.69) is 54.7 Å². The molecule has 1 aliphatic heterocycles. The van der Waals surface area contributed by atoms with E-state index in [0.29, 0.717) is 26.2 Å². The predicted octanol–water partition coefficient (Wildman–Crippen LogP) is 2.64. The van der Waals surface area contributed by atoms with Crippen LogP contribution in [0.4, 0.5) is 0 Å². The molecule has 1 aliphatic rings. The third-order valence-electron chi connectivity index (χ3n) is 4.09. The molecule has 0 spiro atoms. The molecule has 106 valence electrons. The number of hydrogen-bond acceptors (Lipinski definition) is 3. The van der Waals surface area contributed by atoms with Crippen molar-refractivity contribution in [3.8, 4) is 0 Å². The Labute approximate surface area is 119 Å². The van der Waals surface area contributed by atoms with Crippen LogP contribution < -0.4 is 5.32 Å². The summed E-state index contributed by atoms with van der Waals surface area (Å²) in [7, 11) is 0. The van der Waals surface area contributed by atoms with Crippen LogP contribution in [0.1, 0.15) is 24.9 Å². The molecule has 1 saturated heterocycles. The Morgan fingerprint density at radius 1 is 1.25 bits per heavy atom. The summed E-state index contributed by atoms with van der Waals surface area (Å²) < 4.78 is 5.27. The first-order valence-corrected chi connectivity index (χ1v) is 7.19. The fourth-order valence-electron chi connectivity index (χ4n) is 2.67. The van der Waals surface area contributed by atoms with Crippen LogP contribution in [-0.4, -0.2) is 30.5 Å². The number of hydrogen-bond donors (Lipinski definition) is 2. The van der Waals surface area contributed by atoms with Crippen LogP contribution in [0.3, 0.4) is 0 Å². The van der Waals surface area contributed by atoms with E-state index < -0.39 is 5.60 Å². The fraction of sp³-hybridized carbons (Fsp3) is 0.412.